The molecule has 1 aromatic carbocycles. The van der Waals surface area contributed by atoms with Crippen LogP contribution in [-0.2, 0) is 0 Å². The Hall–Kier alpha value is -0.830. The number of nitrogens with one attached hydrogen (secondary N) is 1. The molecule has 1 aromatic rings. The molecule has 0 aliphatic carbocycles. The summed E-state index contributed by atoms with van der Waals surface area (Å²) in [5.41, 5.74) is 7.80. The van der Waals surface area contributed by atoms with Gasteiger partial charge in [0.25, 0.3) is 0 Å². The molecule has 76 valence electrons. The average molecular weight is 208 g/mol. The normalized spacial score (nSPS) is 21.9. The molecule has 1 heterocycles. The molecule has 1 atom stereocenters. The smallest absolute Gasteiger partial charge is 0.0576 e. The highest BCUT2D eigenvalue weighted by Gasteiger charge is 2.13. The second-order valence-corrected chi connectivity index (χ2v) is 4.80. The third-order valence-electron chi connectivity index (χ3n) is 2.48. The van der Waals surface area contributed by atoms with E-state index >= 15 is 0 Å². The van der Waals surface area contributed by atoms with Crippen LogP contribution >= 0.6 is 11.8 Å². The Balaban J connectivity index is 1.99. The third-order valence-corrected chi connectivity index (χ3v) is 3.70. The number of anilines is 2. The fourth-order valence-corrected chi connectivity index (χ4v) is 2.77. The van der Waals surface area contributed by atoms with Gasteiger partial charge in [0, 0.05) is 11.8 Å². The van der Waals surface area contributed by atoms with Gasteiger partial charge in [0.1, 0.15) is 0 Å². The van der Waals surface area contributed by atoms with Crippen molar-refractivity contribution >= 4 is 23.1 Å². The van der Waals surface area contributed by atoms with Crippen molar-refractivity contribution in [1.29, 1.82) is 0 Å². The van der Waals surface area contributed by atoms with Gasteiger partial charge in [0.2, 0.25) is 0 Å². The van der Waals surface area contributed by atoms with Crippen molar-refractivity contribution in [2.45, 2.75) is 18.9 Å². The maximum Gasteiger partial charge on any atom is 0.0576 e. The molecular formula is C11H16N2S. The summed E-state index contributed by atoms with van der Waals surface area (Å²) in [5, 5.41) is 3.50. The summed E-state index contributed by atoms with van der Waals surface area (Å²) in [6.45, 7) is 0. The van der Waals surface area contributed by atoms with Gasteiger partial charge in [-0.3, -0.25) is 0 Å². The Morgan fingerprint density at radius 2 is 2.21 bits per heavy atom. The Morgan fingerprint density at radius 3 is 2.93 bits per heavy atom. The standard InChI is InChI=1S/C11H16N2S/c12-10-5-1-2-6-11(10)13-9-4-3-7-14-8-9/h1-2,5-6,9,13H,3-4,7-8,12H2. The first-order valence-electron chi connectivity index (χ1n) is 5.05. The number of hydrogen-bond donors (Lipinski definition) is 2. The van der Waals surface area contributed by atoms with E-state index in [2.05, 4.69) is 11.4 Å². The SMILES string of the molecule is Nc1ccccc1NC1CCCSC1. The minimum absolute atomic E-state index is 0.596. The number of hydrogen-bond acceptors (Lipinski definition) is 3. The summed E-state index contributed by atoms with van der Waals surface area (Å²) >= 11 is 2.02. The molecule has 14 heavy (non-hydrogen) atoms. The minimum atomic E-state index is 0.596. The van der Waals surface area contributed by atoms with Crippen LogP contribution in [0.15, 0.2) is 24.3 Å². The Labute approximate surface area is 89.3 Å². The van der Waals surface area contributed by atoms with Crippen molar-refractivity contribution < 1.29 is 0 Å². The van der Waals surface area contributed by atoms with Crippen LogP contribution in [0.25, 0.3) is 0 Å². The zero-order valence-corrected chi connectivity index (χ0v) is 9.02. The highest BCUT2D eigenvalue weighted by Crippen LogP contribution is 2.23. The maximum absolute atomic E-state index is 5.87. The summed E-state index contributed by atoms with van der Waals surface area (Å²) in [6, 6.07) is 8.58. The van der Waals surface area contributed by atoms with Crippen LogP contribution in [0.4, 0.5) is 11.4 Å². The highest BCUT2D eigenvalue weighted by molar-refractivity contribution is 7.99. The number of thioether (sulfide) groups is 1. The number of nitrogen functional groups attached to an aromatic ring is 1. The van der Waals surface area contributed by atoms with Crippen molar-refractivity contribution in [1.82, 2.24) is 0 Å². The molecule has 0 bridgehead atoms. The van der Waals surface area contributed by atoms with Crippen LogP contribution in [0.1, 0.15) is 12.8 Å². The van der Waals surface area contributed by atoms with Gasteiger partial charge in [-0.05, 0) is 30.7 Å². The lowest BCUT2D eigenvalue weighted by Crippen LogP contribution is -2.26. The second-order valence-electron chi connectivity index (χ2n) is 3.65. The molecule has 1 fully saturated rings. The quantitative estimate of drug-likeness (QED) is 0.734. The molecule has 2 nitrogen and oxygen atoms in total. The van der Waals surface area contributed by atoms with Crippen LogP contribution in [0.5, 0.6) is 0 Å². The van der Waals surface area contributed by atoms with Gasteiger partial charge in [-0.25, -0.2) is 0 Å². The number of para-hydroxylation sites is 2. The number of rotatable bonds is 2. The van der Waals surface area contributed by atoms with Crippen molar-refractivity contribution in [2.24, 2.45) is 0 Å². The molecule has 1 saturated heterocycles. The van der Waals surface area contributed by atoms with Gasteiger partial charge in [0.05, 0.1) is 11.4 Å². The van der Waals surface area contributed by atoms with Crippen LogP contribution in [0.3, 0.4) is 0 Å². The van der Waals surface area contributed by atoms with E-state index < -0.39 is 0 Å². The van der Waals surface area contributed by atoms with Crippen LogP contribution in [0.2, 0.25) is 0 Å². The first-order chi connectivity index (χ1) is 6.86. The molecule has 0 saturated carbocycles. The van der Waals surface area contributed by atoms with Gasteiger partial charge < -0.3 is 11.1 Å². The fourth-order valence-electron chi connectivity index (χ4n) is 1.70. The molecular weight excluding hydrogens is 192 g/mol. The van der Waals surface area contributed by atoms with E-state index in [-0.39, 0.29) is 0 Å². The average Bonchev–Trinajstić information content (AvgIpc) is 2.23. The molecule has 1 unspecified atom stereocenters. The minimum Gasteiger partial charge on any atom is -0.397 e. The Kier molecular flexibility index (Phi) is 3.19. The molecule has 0 radical (unpaired) electrons. The van der Waals surface area contributed by atoms with Crippen LogP contribution in [0, 0.1) is 0 Å². The maximum atomic E-state index is 5.87. The van der Waals surface area contributed by atoms with Gasteiger partial charge >= 0.3 is 0 Å². The van der Waals surface area contributed by atoms with Crippen molar-refractivity contribution in [3.8, 4) is 0 Å². The van der Waals surface area contributed by atoms with E-state index in [1.165, 1.54) is 24.3 Å². The topological polar surface area (TPSA) is 38.0 Å². The summed E-state index contributed by atoms with van der Waals surface area (Å²) in [4.78, 5) is 0. The largest absolute Gasteiger partial charge is 0.397 e. The zero-order chi connectivity index (χ0) is 9.80. The van der Waals surface area contributed by atoms with Gasteiger partial charge in [-0.2, -0.15) is 11.8 Å². The van der Waals surface area contributed by atoms with E-state index in [1.807, 2.05) is 30.0 Å². The number of benzene rings is 1. The predicted molar refractivity (Wildman–Crippen MR) is 64.8 cm³/mol. The Bertz CT molecular complexity index is 295. The zero-order valence-electron chi connectivity index (χ0n) is 8.20. The van der Waals surface area contributed by atoms with E-state index in [0.717, 1.165) is 11.4 Å². The van der Waals surface area contributed by atoms with Gasteiger partial charge in [-0.1, -0.05) is 12.1 Å². The first kappa shape index (κ1) is 9.71. The monoisotopic (exact) mass is 208 g/mol. The second kappa shape index (κ2) is 4.60. The molecule has 1 aliphatic heterocycles. The lowest BCUT2D eigenvalue weighted by Gasteiger charge is -2.24. The summed E-state index contributed by atoms with van der Waals surface area (Å²) < 4.78 is 0. The number of nitrogens with two attached hydrogens (primary N) is 1. The first-order valence-corrected chi connectivity index (χ1v) is 6.20. The van der Waals surface area contributed by atoms with Crippen LogP contribution < -0.4 is 11.1 Å². The highest BCUT2D eigenvalue weighted by atomic mass is 32.2. The van der Waals surface area contributed by atoms with Crippen molar-refractivity contribution in [3.63, 3.8) is 0 Å². The molecule has 1 aliphatic rings. The summed E-state index contributed by atoms with van der Waals surface area (Å²) in [5.74, 6) is 2.51. The lowest BCUT2D eigenvalue weighted by molar-refractivity contribution is 0.685. The van der Waals surface area contributed by atoms with E-state index in [1.54, 1.807) is 0 Å². The van der Waals surface area contributed by atoms with Gasteiger partial charge in [0.15, 0.2) is 0 Å². The summed E-state index contributed by atoms with van der Waals surface area (Å²) in [6.07, 6.45) is 2.58. The van der Waals surface area contributed by atoms with E-state index in [9.17, 15) is 0 Å². The molecule has 3 N–H and O–H groups in total. The molecule has 0 spiro atoms. The molecule has 2 rings (SSSR count). The van der Waals surface area contributed by atoms with Crippen molar-refractivity contribution in [3.05, 3.63) is 24.3 Å². The molecule has 3 heteroatoms. The van der Waals surface area contributed by atoms with Gasteiger partial charge in [-0.15, -0.1) is 0 Å². The Morgan fingerprint density at radius 1 is 1.36 bits per heavy atom. The predicted octanol–water partition coefficient (Wildman–Crippen LogP) is 2.58. The van der Waals surface area contributed by atoms with E-state index in [4.69, 9.17) is 5.73 Å². The third kappa shape index (κ3) is 2.35. The fraction of sp³-hybridized carbons (Fsp3) is 0.455. The van der Waals surface area contributed by atoms with E-state index in [0.29, 0.717) is 6.04 Å². The lowest BCUT2D eigenvalue weighted by atomic mass is 10.1. The summed E-state index contributed by atoms with van der Waals surface area (Å²) in [7, 11) is 0. The van der Waals surface area contributed by atoms with Crippen LogP contribution in [-0.4, -0.2) is 17.5 Å². The molecule has 0 amide bonds. The molecule has 0 aromatic heterocycles. The van der Waals surface area contributed by atoms with Crippen molar-refractivity contribution in [2.75, 3.05) is 22.6 Å².